The second-order valence-electron chi connectivity index (χ2n) is 6.66. The third kappa shape index (κ3) is 3.88. The van der Waals surface area contributed by atoms with Gasteiger partial charge in [-0.2, -0.15) is 0 Å². The third-order valence-corrected chi connectivity index (χ3v) is 4.71. The normalized spacial score (nSPS) is 12.0. The molecule has 0 aliphatic rings. The Kier molecular flexibility index (Phi) is 5.44. The highest BCUT2D eigenvalue weighted by molar-refractivity contribution is 5.92. The number of carbonyl (C=O) groups excluding carboxylic acids is 2. The SMILES string of the molecule is CNC(=O)C(NC(=O)Cc1coc2cc(C)c(C)cc12)c1ccc(F)c(F)c1. The van der Waals surface area contributed by atoms with Crippen molar-refractivity contribution in [1.29, 1.82) is 0 Å². The molecule has 5 nitrogen and oxygen atoms in total. The number of rotatable bonds is 5. The number of amides is 2. The molecule has 7 heteroatoms. The van der Waals surface area contributed by atoms with Gasteiger partial charge in [-0.25, -0.2) is 8.78 Å². The van der Waals surface area contributed by atoms with Crippen LogP contribution in [0.5, 0.6) is 0 Å². The van der Waals surface area contributed by atoms with E-state index in [1.54, 1.807) is 0 Å². The topological polar surface area (TPSA) is 71.3 Å². The maximum Gasteiger partial charge on any atom is 0.246 e. The summed E-state index contributed by atoms with van der Waals surface area (Å²) in [5.74, 6) is -3.10. The molecule has 0 fully saturated rings. The van der Waals surface area contributed by atoms with Gasteiger partial charge in [0.25, 0.3) is 0 Å². The fourth-order valence-corrected chi connectivity index (χ4v) is 2.99. The van der Waals surface area contributed by atoms with Crippen LogP contribution in [-0.2, 0) is 16.0 Å². The van der Waals surface area contributed by atoms with Gasteiger partial charge in [0.05, 0.1) is 12.7 Å². The van der Waals surface area contributed by atoms with E-state index in [-0.39, 0.29) is 12.0 Å². The average Bonchev–Trinajstić information content (AvgIpc) is 3.03. The highest BCUT2D eigenvalue weighted by Gasteiger charge is 2.23. The molecule has 0 saturated heterocycles. The summed E-state index contributed by atoms with van der Waals surface area (Å²) in [5, 5.41) is 5.82. The zero-order valence-electron chi connectivity index (χ0n) is 15.7. The number of hydrogen-bond donors (Lipinski definition) is 2. The number of fused-ring (bicyclic) bond motifs is 1. The van der Waals surface area contributed by atoms with Crippen LogP contribution in [0.2, 0.25) is 0 Å². The van der Waals surface area contributed by atoms with Crippen molar-refractivity contribution in [2.45, 2.75) is 26.3 Å². The van der Waals surface area contributed by atoms with Crippen LogP contribution in [0.4, 0.5) is 8.78 Å². The van der Waals surface area contributed by atoms with Gasteiger partial charge < -0.3 is 15.1 Å². The van der Waals surface area contributed by atoms with Gasteiger partial charge in [-0.3, -0.25) is 9.59 Å². The van der Waals surface area contributed by atoms with E-state index in [2.05, 4.69) is 10.6 Å². The minimum atomic E-state index is -1.14. The molecule has 146 valence electrons. The predicted octanol–water partition coefficient (Wildman–Crippen LogP) is 3.47. The summed E-state index contributed by atoms with van der Waals surface area (Å²) in [6, 6.07) is 5.78. The Morgan fingerprint density at radius 3 is 2.46 bits per heavy atom. The first-order valence-electron chi connectivity index (χ1n) is 8.73. The van der Waals surface area contributed by atoms with Crippen molar-refractivity contribution in [3.05, 3.63) is 70.5 Å². The molecule has 0 bridgehead atoms. The van der Waals surface area contributed by atoms with Gasteiger partial charge in [0.1, 0.15) is 11.6 Å². The van der Waals surface area contributed by atoms with Crippen LogP contribution >= 0.6 is 0 Å². The number of aryl methyl sites for hydroxylation is 2. The molecule has 1 atom stereocenters. The first-order valence-corrected chi connectivity index (χ1v) is 8.73. The quantitative estimate of drug-likeness (QED) is 0.705. The van der Waals surface area contributed by atoms with E-state index in [4.69, 9.17) is 4.42 Å². The minimum Gasteiger partial charge on any atom is -0.464 e. The second-order valence-corrected chi connectivity index (χ2v) is 6.66. The second kappa shape index (κ2) is 7.80. The molecular formula is C21H20F2N2O3. The standard InChI is InChI=1S/C21H20F2N2O3/c1-11-6-15-14(10-28-18(15)7-12(11)2)9-19(26)25-20(21(27)24-3)13-4-5-16(22)17(23)8-13/h4-8,10,20H,9H2,1-3H3,(H,24,27)(H,25,26). The van der Waals surface area contributed by atoms with Gasteiger partial charge >= 0.3 is 0 Å². The Morgan fingerprint density at radius 1 is 1.07 bits per heavy atom. The molecule has 28 heavy (non-hydrogen) atoms. The number of carbonyl (C=O) groups is 2. The Morgan fingerprint density at radius 2 is 1.79 bits per heavy atom. The number of nitrogens with one attached hydrogen (secondary N) is 2. The molecule has 1 aromatic heterocycles. The molecule has 1 unspecified atom stereocenters. The summed E-state index contributed by atoms with van der Waals surface area (Å²) < 4.78 is 32.3. The molecule has 2 aromatic carbocycles. The number of likely N-dealkylation sites (N-methyl/N-ethyl adjacent to an activating group) is 1. The van der Waals surface area contributed by atoms with E-state index >= 15 is 0 Å². The molecule has 0 saturated carbocycles. The largest absolute Gasteiger partial charge is 0.464 e. The van der Waals surface area contributed by atoms with Crippen LogP contribution in [0.3, 0.4) is 0 Å². The lowest BCUT2D eigenvalue weighted by Gasteiger charge is -2.18. The maximum atomic E-state index is 13.6. The van der Waals surface area contributed by atoms with Crippen LogP contribution < -0.4 is 10.6 Å². The molecule has 3 rings (SSSR count). The van der Waals surface area contributed by atoms with Crippen LogP contribution in [0.1, 0.15) is 28.3 Å². The molecular weight excluding hydrogens is 366 g/mol. The van der Waals surface area contributed by atoms with Crippen LogP contribution in [0.25, 0.3) is 11.0 Å². The van der Waals surface area contributed by atoms with Crippen molar-refractivity contribution in [3.63, 3.8) is 0 Å². The fourth-order valence-electron chi connectivity index (χ4n) is 2.99. The van der Waals surface area contributed by atoms with Crippen molar-refractivity contribution in [1.82, 2.24) is 10.6 Å². The van der Waals surface area contributed by atoms with E-state index < -0.39 is 29.5 Å². The molecule has 2 amide bonds. The zero-order valence-corrected chi connectivity index (χ0v) is 15.7. The van der Waals surface area contributed by atoms with Gasteiger partial charge in [-0.05, 0) is 54.8 Å². The number of hydrogen-bond acceptors (Lipinski definition) is 3. The van der Waals surface area contributed by atoms with Crippen molar-refractivity contribution >= 4 is 22.8 Å². The van der Waals surface area contributed by atoms with E-state index in [1.807, 2.05) is 26.0 Å². The van der Waals surface area contributed by atoms with E-state index in [0.29, 0.717) is 11.1 Å². The Labute approximate surface area is 160 Å². The van der Waals surface area contributed by atoms with Crippen LogP contribution in [0.15, 0.2) is 41.0 Å². The zero-order chi connectivity index (χ0) is 20.4. The summed E-state index contributed by atoms with van der Waals surface area (Å²) in [5.41, 5.74) is 3.65. The van der Waals surface area contributed by atoms with Crippen LogP contribution in [-0.4, -0.2) is 18.9 Å². The molecule has 0 spiro atoms. The first-order chi connectivity index (χ1) is 13.3. The van der Waals surface area contributed by atoms with Crippen molar-refractivity contribution in [2.75, 3.05) is 7.05 Å². The van der Waals surface area contributed by atoms with Crippen molar-refractivity contribution in [3.8, 4) is 0 Å². The van der Waals surface area contributed by atoms with Crippen LogP contribution in [0, 0.1) is 25.5 Å². The molecule has 2 N–H and O–H groups in total. The Balaban J connectivity index is 1.83. The number of furan rings is 1. The van der Waals surface area contributed by atoms with E-state index in [0.717, 1.165) is 28.6 Å². The monoisotopic (exact) mass is 386 g/mol. The minimum absolute atomic E-state index is 0.0212. The number of benzene rings is 2. The predicted molar refractivity (Wildman–Crippen MR) is 101 cm³/mol. The Hall–Kier alpha value is -3.22. The number of halogens is 2. The van der Waals surface area contributed by atoms with Gasteiger partial charge in [0.2, 0.25) is 11.8 Å². The fraction of sp³-hybridized carbons (Fsp3) is 0.238. The smallest absolute Gasteiger partial charge is 0.246 e. The average molecular weight is 386 g/mol. The van der Waals surface area contributed by atoms with Gasteiger partial charge in [-0.1, -0.05) is 6.07 Å². The molecule has 1 heterocycles. The third-order valence-electron chi connectivity index (χ3n) is 4.71. The molecule has 0 aliphatic heterocycles. The first kappa shape index (κ1) is 19.5. The lowest BCUT2D eigenvalue weighted by atomic mass is 10.0. The van der Waals surface area contributed by atoms with E-state index in [9.17, 15) is 18.4 Å². The molecule has 0 aliphatic carbocycles. The lowest BCUT2D eigenvalue weighted by Crippen LogP contribution is -2.39. The Bertz CT molecular complexity index is 1060. The summed E-state index contributed by atoms with van der Waals surface area (Å²) in [6.07, 6.45) is 1.49. The van der Waals surface area contributed by atoms with Gasteiger partial charge in [0, 0.05) is 18.0 Å². The molecule has 3 aromatic rings. The maximum absolute atomic E-state index is 13.6. The lowest BCUT2D eigenvalue weighted by molar-refractivity contribution is -0.128. The molecule has 0 radical (unpaired) electrons. The summed E-state index contributed by atoms with van der Waals surface area (Å²) in [7, 11) is 1.40. The summed E-state index contributed by atoms with van der Waals surface area (Å²) in [4.78, 5) is 24.7. The highest BCUT2D eigenvalue weighted by Crippen LogP contribution is 2.25. The van der Waals surface area contributed by atoms with Crippen molar-refractivity contribution in [2.24, 2.45) is 0 Å². The van der Waals surface area contributed by atoms with Gasteiger partial charge in [-0.15, -0.1) is 0 Å². The summed E-state index contributed by atoms with van der Waals surface area (Å²) in [6.45, 7) is 3.94. The highest BCUT2D eigenvalue weighted by atomic mass is 19.2. The van der Waals surface area contributed by atoms with E-state index in [1.165, 1.54) is 19.4 Å². The van der Waals surface area contributed by atoms with Crippen molar-refractivity contribution < 1.29 is 22.8 Å². The summed E-state index contributed by atoms with van der Waals surface area (Å²) >= 11 is 0. The van der Waals surface area contributed by atoms with Gasteiger partial charge in [0.15, 0.2) is 11.6 Å².